The summed E-state index contributed by atoms with van der Waals surface area (Å²) in [5.41, 5.74) is 2.32. The standard InChI is InChI=1S/C26H28F2N4O3/c1-15-11-18(13-20(12-15)31-25-29-10-9-21(32-25)23(27)28)17-5-8-22(30-14-17)26(2,35)19-6-3-16(4-7-19)24(33)34/h5,8-14,16,19,23,35H,3-4,6-7H2,1-2H3,(H,33,34)(H,29,31,32)/t16?,19?,26-/m1/s1. The number of aryl methyl sites for hydroxylation is 1. The molecule has 3 aromatic rings. The number of aromatic nitrogens is 3. The van der Waals surface area contributed by atoms with Crippen molar-refractivity contribution in [2.24, 2.45) is 11.8 Å². The summed E-state index contributed by atoms with van der Waals surface area (Å²) in [7, 11) is 0. The van der Waals surface area contributed by atoms with E-state index in [4.69, 9.17) is 0 Å². The van der Waals surface area contributed by atoms with Gasteiger partial charge in [0.2, 0.25) is 5.95 Å². The summed E-state index contributed by atoms with van der Waals surface area (Å²) in [5, 5.41) is 23.4. The molecule has 2 aromatic heterocycles. The largest absolute Gasteiger partial charge is 0.481 e. The minimum atomic E-state index is -2.68. The molecular weight excluding hydrogens is 454 g/mol. The van der Waals surface area contributed by atoms with Crippen molar-refractivity contribution in [1.29, 1.82) is 0 Å². The molecule has 0 unspecified atom stereocenters. The van der Waals surface area contributed by atoms with Gasteiger partial charge in [0.05, 0.1) is 11.6 Å². The SMILES string of the molecule is Cc1cc(Nc2nccc(C(F)F)n2)cc(-c2ccc([C@](C)(O)C3CCC(C(=O)O)CC3)nc2)c1. The molecule has 2 heterocycles. The zero-order chi connectivity index (χ0) is 25.2. The summed E-state index contributed by atoms with van der Waals surface area (Å²) in [6, 6.07) is 10.5. The van der Waals surface area contributed by atoms with E-state index in [2.05, 4.69) is 20.3 Å². The van der Waals surface area contributed by atoms with E-state index in [-0.39, 0.29) is 23.5 Å². The zero-order valence-corrected chi connectivity index (χ0v) is 19.6. The number of carboxylic acid groups (broad SMARTS) is 1. The Labute approximate surface area is 202 Å². The van der Waals surface area contributed by atoms with E-state index < -0.39 is 18.0 Å². The maximum atomic E-state index is 13.0. The topological polar surface area (TPSA) is 108 Å². The van der Waals surface area contributed by atoms with Gasteiger partial charge in [-0.3, -0.25) is 9.78 Å². The van der Waals surface area contributed by atoms with Crippen molar-refractivity contribution in [2.75, 3.05) is 5.32 Å². The molecule has 184 valence electrons. The maximum absolute atomic E-state index is 13.0. The van der Waals surface area contributed by atoms with Crippen molar-refractivity contribution >= 4 is 17.6 Å². The van der Waals surface area contributed by atoms with E-state index in [1.54, 1.807) is 19.2 Å². The first-order valence-electron chi connectivity index (χ1n) is 11.6. The quantitative estimate of drug-likeness (QED) is 0.401. The van der Waals surface area contributed by atoms with Crippen LogP contribution in [0.2, 0.25) is 0 Å². The van der Waals surface area contributed by atoms with Crippen LogP contribution in [0.3, 0.4) is 0 Å². The molecule has 1 aromatic carbocycles. The number of hydrogen-bond donors (Lipinski definition) is 3. The highest BCUT2D eigenvalue weighted by Crippen LogP contribution is 2.40. The minimum absolute atomic E-state index is 0.0600. The Hall–Kier alpha value is -3.46. The van der Waals surface area contributed by atoms with Crippen molar-refractivity contribution < 1.29 is 23.8 Å². The molecule has 0 radical (unpaired) electrons. The number of pyridine rings is 1. The predicted octanol–water partition coefficient (Wildman–Crippen LogP) is 5.63. The molecule has 4 rings (SSSR count). The van der Waals surface area contributed by atoms with Gasteiger partial charge in [-0.05, 0) is 80.8 Å². The van der Waals surface area contributed by atoms with E-state index in [0.29, 0.717) is 37.1 Å². The van der Waals surface area contributed by atoms with Crippen molar-refractivity contribution in [3.05, 3.63) is 65.7 Å². The third-order valence-corrected chi connectivity index (χ3v) is 6.72. The molecule has 7 nitrogen and oxygen atoms in total. The summed E-state index contributed by atoms with van der Waals surface area (Å²) in [6.45, 7) is 3.66. The van der Waals surface area contributed by atoms with Crippen LogP contribution < -0.4 is 5.32 Å². The van der Waals surface area contributed by atoms with Gasteiger partial charge in [0.25, 0.3) is 6.43 Å². The summed E-state index contributed by atoms with van der Waals surface area (Å²) in [4.78, 5) is 23.6. The van der Waals surface area contributed by atoms with Crippen LogP contribution in [0.1, 0.15) is 56.0 Å². The molecule has 0 aliphatic heterocycles. The number of aliphatic carboxylic acids is 1. The second kappa shape index (κ2) is 10.0. The normalized spacial score (nSPS) is 19.8. The van der Waals surface area contributed by atoms with Crippen LogP contribution in [0.4, 0.5) is 20.4 Å². The number of benzene rings is 1. The molecule has 1 saturated carbocycles. The number of carbonyl (C=O) groups is 1. The van der Waals surface area contributed by atoms with Gasteiger partial charge in [0, 0.05) is 23.6 Å². The Kier molecular flexibility index (Phi) is 7.07. The Morgan fingerprint density at radius 2 is 1.83 bits per heavy atom. The van der Waals surface area contributed by atoms with Crippen LogP contribution in [-0.2, 0) is 10.4 Å². The predicted molar refractivity (Wildman–Crippen MR) is 127 cm³/mol. The fourth-order valence-corrected chi connectivity index (χ4v) is 4.68. The number of carboxylic acids is 1. The van der Waals surface area contributed by atoms with Gasteiger partial charge >= 0.3 is 5.97 Å². The lowest BCUT2D eigenvalue weighted by Crippen LogP contribution is -2.36. The summed E-state index contributed by atoms with van der Waals surface area (Å²) >= 11 is 0. The van der Waals surface area contributed by atoms with Gasteiger partial charge in [-0.15, -0.1) is 0 Å². The first-order chi connectivity index (χ1) is 16.6. The lowest BCUT2D eigenvalue weighted by atomic mass is 9.73. The second-order valence-corrected chi connectivity index (χ2v) is 9.28. The third kappa shape index (κ3) is 5.62. The molecule has 9 heteroatoms. The fourth-order valence-electron chi connectivity index (χ4n) is 4.68. The van der Waals surface area contributed by atoms with Gasteiger partial charge in [0.15, 0.2) is 0 Å². The molecule has 35 heavy (non-hydrogen) atoms. The number of anilines is 2. The highest BCUT2D eigenvalue weighted by Gasteiger charge is 2.38. The van der Waals surface area contributed by atoms with E-state index in [9.17, 15) is 23.8 Å². The summed E-state index contributed by atoms with van der Waals surface area (Å²) in [6.07, 6.45) is 2.68. The van der Waals surface area contributed by atoms with Crippen LogP contribution in [0.25, 0.3) is 11.1 Å². The fraction of sp³-hybridized carbons (Fsp3) is 0.385. The van der Waals surface area contributed by atoms with Gasteiger partial charge in [-0.1, -0.05) is 12.1 Å². The van der Waals surface area contributed by atoms with Gasteiger partial charge in [0.1, 0.15) is 11.3 Å². The van der Waals surface area contributed by atoms with Crippen LogP contribution in [0, 0.1) is 18.8 Å². The second-order valence-electron chi connectivity index (χ2n) is 9.28. The number of halogens is 2. The van der Waals surface area contributed by atoms with Crippen LogP contribution in [-0.4, -0.2) is 31.1 Å². The third-order valence-electron chi connectivity index (χ3n) is 6.72. The monoisotopic (exact) mass is 482 g/mol. The Bertz CT molecular complexity index is 1190. The Morgan fingerprint density at radius 1 is 1.09 bits per heavy atom. The molecule has 3 N–H and O–H groups in total. The molecule has 1 aliphatic carbocycles. The van der Waals surface area contributed by atoms with Crippen molar-refractivity contribution in [2.45, 2.75) is 51.6 Å². The lowest BCUT2D eigenvalue weighted by Gasteiger charge is -2.36. The van der Waals surface area contributed by atoms with Crippen molar-refractivity contribution in [1.82, 2.24) is 15.0 Å². The van der Waals surface area contributed by atoms with E-state index in [1.165, 1.54) is 12.3 Å². The zero-order valence-electron chi connectivity index (χ0n) is 19.6. The molecule has 1 fully saturated rings. The number of nitrogens with one attached hydrogen (secondary N) is 1. The molecule has 1 aliphatic rings. The summed E-state index contributed by atoms with van der Waals surface area (Å²) in [5.74, 6) is -1.09. The van der Waals surface area contributed by atoms with E-state index in [1.807, 2.05) is 31.2 Å². The van der Waals surface area contributed by atoms with Crippen LogP contribution in [0.5, 0.6) is 0 Å². The first-order valence-corrected chi connectivity index (χ1v) is 11.6. The molecule has 0 saturated heterocycles. The average molecular weight is 483 g/mol. The number of aliphatic hydroxyl groups is 1. The average Bonchev–Trinajstić information content (AvgIpc) is 2.84. The highest BCUT2D eigenvalue weighted by atomic mass is 19.3. The number of hydrogen-bond acceptors (Lipinski definition) is 6. The number of rotatable bonds is 7. The van der Waals surface area contributed by atoms with Gasteiger partial charge in [-0.25, -0.2) is 18.7 Å². The summed E-state index contributed by atoms with van der Waals surface area (Å²) < 4.78 is 25.9. The molecule has 0 spiro atoms. The lowest BCUT2D eigenvalue weighted by molar-refractivity contribution is -0.144. The molecule has 0 amide bonds. The van der Waals surface area contributed by atoms with E-state index in [0.717, 1.165) is 16.7 Å². The number of alkyl halides is 2. The van der Waals surface area contributed by atoms with Crippen molar-refractivity contribution in [3.8, 4) is 11.1 Å². The van der Waals surface area contributed by atoms with E-state index >= 15 is 0 Å². The van der Waals surface area contributed by atoms with Crippen LogP contribution >= 0.6 is 0 Å². The van der Waals surface area contributed by atoms with Gasteiger partial charge < -0.3 is 15.5 Å². The van der Waals surface area contributed by atoms with Crippen LogP contribution in [0.15, 0.2) is 48.8 Å². The Balaban J connectivity index is 1.52. The Morgan fingerprint density at radius 3 is 2.46 bits per heavy atom. The highest BCUT2D eigenvalue weighted by molar-refractivity contribution is 5.71. The van der Waals surface area contributed by atoms with Gasteiger partial charge in [-0.2, -0.15) is 0 Å². The first kappa shape index (κ1) is 24.7. The molecule has 1 atom stereocenters. The molecular formula is C26H28F2N4O3. The smallest absolute Gasteiger partial charge is 0.306 e. The minimum Gasteiger partial charge on any atom is -0.481 e. The number of nitrogens with zero attached hydrogens (tertiary/aromatic N) is 3. The molecule has 0 bridgehead atoms. The van der Waals surface area contributed by atoms with Crippen molar-refractivity contribution in [3.63, 3.8) is 0 Å². The maximum Gasteiger partial charge on any atom is 0.306 e.